The molecule has 0 aliphatic heterocycles. The molecule has 0 radical (unpaired) electrons. The SMILES string of the molecule is Cc1cc(CNOCCF)ccc1Cl. The van der Waals surface area contributed by atoms with E-state index in [0.29, 0.717) is 6.54 Å². The Morgan fingerprint density at radius 2 is 2.29 bits per heavy atom. The second-order valence-corrected chi connectivity index (χ2v) is 3.35. The third-order valence-corrected chi connectivity index (χ3v) is 2.20. The van der Waals surface area contributed by atoms with E-state index < -0.39 is 6.67 Å². The maximum Gasteiger partial charge on any atom is 0.115 e. The highest BCUT2D eigenvalue weighted by atomic mass is 35.5. The van der Waals surface area contributed by atoms with Crippen molar-refractivity contribution < 1.29 is 9.23 Å². The highest BCUT2D eigenvalue weighted by Gasteiger charge is 1.97. The Balaban J connectivity index is 2.39. The monoisotopic (exact) mass is 217 g/mol. The highest BCUT2D eigenvalue weighted by molar-refractivity contribution is 6.31. The quantitative estimate of drug-likeness (QED) is 0.605. The molecule has 0 aliphatic rings. The fourth-order valence-electron chi connectivity index (χ4n) is 1.06. The minimum Gasteiger partial charge on any atom is -0.299 e. The Bertz CT molecular complexity index is 293. The molecule has 1 N–H and O–H groups in total. The third-order valence-electron chi connectivity index (χ3n) is 1.78. The van der Waals surface area contributed by atoms with E-state index in [0.717, 1.165) is 16.1 Å². The zero-order valence-electron chi connectivity index (χ0n) is 8.02. The van der Waals surface area contributed by atoms with Crippen molar-refractivity contribution in [3.8, 4) is 0 Å². The molecule has 4 heteroatoms. The lowest BCUT2D eigenvalue weighted by atomic mass is 10.1. The first-order chi connectivity index (χ1) is 6.74. The first-order valence-corrected chi connectivity index (χ1v) is 4.77. The molecule has 0 spiro atoms. The molecule has 0 unspecified atom stereocenters. The average molecular weight is 218 g/mol. The summed E-state index contributed by atoms with van der Waals surface area (Å²) in [4.78, 5) is 4.80. The Morgan fingerprint density at radius 1 is 1.50 bits per heavy atom. The molecule has 1 aromatic carbocycles. The summed E-state index contributed by atoms with van der Waals surface area (Å²) in [7, 11) is 0. The highest BCUT2D eigenvalue weighted by Crippen LogP contribution is 2.15. The topological polar surface area (TPSA) is 21.3 Å². The van der Waals surface area contributed by atoms with E-state index in [1.54, 1.807) is 0 Å². The van der Waals surface area contributed by atoms with Crippen molar-refractivity contribution in [2.75, 3.05) is 13.3 Å². The molecule has 2 nitrogen and oxygen atoms in total. The van der Waals surface area contributed by atoms with E-state index in [-0.39, 0.29) is 6.61 Å². The van der Waals surface area contributed by atoms with Gasteiger partial charge in [-0.25, -0.2) is 4.39 Å². The van der Waals surface area contributed by atoms with Gasteiger partial charge in [0, 0.05) is 11.6 Å². The van der Waals surface area contributed by atoms with Gasteiger partial charge in [0.2, 0.25) is 0 Å². The van der Waals surface area contributed by atoms with Crippen LogP contribution in [0.3, 0.4) is 0 Å². The van der Waals surface area contributed by atoms with Gasteiger partial charge in [-0.1, -0.05) is 23.7 Å². The zero-order valence-corrected chi connectivity index (χ0v) is 8.77. The van der Waals surface area contributed by atoms with E-state index in [2.05, 4.69) is 5.48 Å². The fourth-order valence-corrected chi connectivity index (χ4v) is 1.18. The van der Waals surface area contributed by atoms with Gasteiger partial charge in [-0.15, -0.1) is 0 Å². The van der Waals surface area contributed by atoms with Crippen molar-refractivity contribution in [1.29, 1.82) is 0 Å². The van der Waals surface area contributed by atoms with E-state index in [1.165, 1.54) is 0 Å². The molecule has 0 saturated heterocycles. The second-order valence-electron chi connectivity index (χ2n) is 2.94. The summed E-state index contributed by atoms with van der Waals surface area (Å²) in [6, 6.07) is 5.71. The van der Waals surface area contributed by atoms with E-state index in [1.807, 2.05) is 25.1 Å². The number of hydrogen-bond donors (Lipinski definition) is 1. The van der Waals surface area contributed by atoms with Crippen LogP contribution in [0.1, 0.15) is 11.1 Å². The summed E-state index contributed by atoms with van der Waals surface area (Å²) in [5.74, 6) is 0. The summed E-state index contributed by atoms with van der Waals surface area (Å²) >= 11 is 5.86. The molecule has 1 aromatic rings. The van der Waals surface area contributed by atoms with Gasteiger partial charge in [-0.05, 0) is 24.1 Å². The van der Waals surface area contributed by atoms with Crippen LogP contribution in [0.2, 0.25) is 5.02 Å². The molecule has 0 amide bonds. The number of nitrogens with one attached hydrogen (secondary N) is 1. The first kappa shape index (κ1) is 11.4. The van der Waals surface area contributed by atoms with Crippen LogP contribution >= 0.6 is 11.6 Å². The van der Waals surface area contributed by atoms with Gasteiger partial charge in [0.15, 0.2) is 0 Å². The number of hydrogen-bond acceptors (Lipinski definition) is 2. The van der Waals surface area contributed by atoms with Gasteiger partial charge in [0.1, 0.15) is 6.67 Å². The number of rotatable bonds is 5. The van der Waals surface area contributed by atoms with Crippen molar-refractivity contribution in [2.45, 2.75) is 13.5 Å². The van der Waals surface area contributed by atoms with Crippen LogP contribution in [-0.4, -0.2) is 13.3 Å². The normalized spacial score (nSPS) is 10.5. The molecule has 0 saturated carbocycles. The van der Waals surface area contributed by atoms with Crippen molar-refractivity contribution in [1.82, 2.24) is 5.48 Å². The summed E-state index contributed by atoms with van der Waals surface area (Å²) in [5.41, 5.74) is 4.75. The van der Waals surface area contributed by atoms with Gasteiger partial charge >= 0.3 is 0 Å². The molecule has 0 bridgehead atoms. The number of benzene rings is 1. The van der Waals surface area contributed by atoms with Crippen molar-refractivity contribution in [3.05, 3.63) is 34.3 Å². The van der Waals surface area contributed by atoms with Crippen LogP contribution in [0.5, 0.6) is 0 Å². The van der Waals surface area contributed by atoms with Gasteiger partial charge in [-0.2, -0.15) is 5.48 Å². The number of aryl methyl sites for hydroxylation is 1. The van der Waals surface area contributed by atoms with Crippen molar-refractivity contribution in [3.63, 3.8) is 0 Å². The predicted octanol–water partition coefficient (Wildman–Crippen LogP) is 2.64. The zero-order chi connectivity index (χ0) is 10.4. The van der Waals surface area contributed by atoms with Gasteiger partial charge in [0.05, 0.1) is 6.61 Å². The number of hydroxylamine groups is 1. The molecule has 0 atom stereocenters. The molecule has 0 fully saturated rings. The lowest BCUT2D eigenvalue weighted by Crippen LogP contribution is -2.15. The van der Waals surface area contributed by atoms with Crippen LogP contribution in [-0.2, 0) is 11.4 Å². The molecular weight excluding hydrogens is 205 g/mol. The summed E-state index contributed by atoms with van der Waals surface area (Å²) < 4.78 is 11.7. The molecule has 0 aliphatic carbocycles. The minimum atomic E-state index is -0.480. The Kier molecular flexibility index (Phi) is 4.87. The molecule has 0 aromatic heterocycles. The summed E-state index contributed by atoms with van der Waals surface area (Å²) in [6.45, 7) is 2.09. The molecule has 1 rings (SSSR count). The Labute approximate surface area is 88.0 Å². The smallest absolute Gasteiger partial charge is 0.115 e. The van der Waals surface area contributed by atoms with Crippen LogP contribution < -0.4 is 5.48 Å². The third kappa shape index (κ3) is 3.62. The summed E-state index contributed by atoms with van der Waals surface area (Å²) in [6.07, 6.45) is 0. The van der Waals surface area contributed by atoms with Crippen LogP contribution in [0, 0.1) is 6.92 Å². The molecule has 0 heterocycles. The number of halogens is 2. The van der Waals surface area contributed by atoms with Crippen LogP contribution in [0.25, 0.3) is 0 Å². The fraction of sp³-hybridized carbons (Fsp3) is 0.400. The van der Waals surface area contributed by atoms with E-state index >= 15 is 0 Å². The van der Waals surface area contributed by atoms with E-state index in [4.69, 9.17) is 16.4 Å². The average Bonchev–Trinajstić information content (AvgIpc) is 2.18. The lowest BCUT2D eigenvalue weighted by Gasteiger charge is -2.05. The lowest BCUT2D eigenvalue weighted by molar-refractivity contribution is 0.0282. The summed E-state index contributed by atoms with van der Waals surface area (Å²) in [5, 5.41) is 0.749. The predicted molar refractivity (Wildman–Crippen MR) is 55.0 cm³/mol. The largest absolute Gasteiger partial charge is 0.299 e. The van der Waals surface area contributed by atoms with Crippen molar-refractivity contribution >= 4 is 11.6 Å². The van der Waals surface area contributed by atoms with Gasteiger partial charge in [0.25, 0.3) is 0 Å². The van der Waals surface area contributed by atoms with Crippen molar-refractivity contribution in [2.24, 2.45) is 0 Å². The maximum atomic E-state index is 11.7. The van der Waals surface area contributed by atoms with Crippen LogP contribution in [0.15, 0.2) is 18.2 Å². The molecular formula is C10H13ClFNO. The number of alkyl halides is 1. The Morgan fingerprint density at radius 3 is 2.93 bits per heavy atom. The Hall–Kier alpha value is -0.640. The van der Waals surface area contributed by atoms with E-state index in [9.17, 15) is 4.39 Å². The standard InChI is InChI=1S/C10H13ClFNO/c1-8-6-9(2-3-10(8)11)7-13-14-5-4-12/h2-3,6,13H,4-5,7H2,1H3. The van der Waals surface area contributed by atoms with Gasteiger partial charge in [-0.3, -0.25) is 4.84 Å². The second kappa shape index (κ2) is 5.96. The molecule has 78 valence electrons. The molecule has 14 heavy (non-hydrogen) atoms. The first-order valence-electron chi connectivity index (χ1n) is 4.39. The van der Waals surface area contributed by atoms with Gasteiger partial charge < -0.3 is 0 Å². The maximum absolute atomic E-state index is 11.7. The minimum absolute atomic E-state index is 0.0760. The van der Waals surface area contributed by atoms with Crippen LogP contribution in [0.4, 0.5) is 4.39 Å².